The van der Waals surface area contributed by atoms with Crippen LogP contribution in [0, 0.1) is 0 Å². The van der Waals surface area contributed by atoms with Crippen LogP contribution in [0.4, 0.5) is 0 Å². The molecule has 0 aromatic heterocycles. The molecule has 0 radical (unpaired) electrons. The summed E-state index contributed by atoms with van der Waals surface area (Å²) in [5.74, 6) is 0.0637. The number of aryl methyl sites for hydroxylation is 1. The van der Waals surface area contributed by atoms with E-state index in [4.69, 9.17) is 0 Å². The van der Waals surface area contributed by atoms with Crippen LogP contribution in [0.3, 0.4) is 0 Å². The predicted octanol–water partition coefficient (Wildman–Crippen LogP) is 3.68. The van der Waals surface area contributed by atoms with Gasteiger partial charge in [0.25, 0.3) is 0 Å². The van der Waals surface area contributed by atoms with E-state index in [2.05, 4.69) is 19.1 Å². The van der Waals surface area contributed by atoms with Crippen molar-refractivity contribution in [3.63, 3.8) is 0 Å². The van der Waals surface area contributed by atoms with E-state index in [1.807, 2.05) is 12.1 Å². The summed E-state index contributed by atoms with van der Waals surface area (Å²) in [7, 11) is 0. The van der Waals surface area contributed by atoms with Crippen molar-refractivity contribution in [2.24, 2.45) is 0 Å². The number of hydrogen-bond acceptors (Lipinski definition) is 2. The van der Waals surface area contributed by atoms with Crippen LogP contribution >= 0.6 is 0 Å². The molecule has 0 saturated carbocycles. The Morgan fingerprint density at radius 1 is 1.00 bits per heavy atom. The largest absolute Gasteiger partial charge is 0.508 e. The van der Waals surface area contributed by atoms with Crippen molar-refractivity contribution in [2.45, 2.75) is 26.2 Å². The maximum atomic E-state index is 11.9. The molecule has 98 valence electrons. The first-order valence-corrected chi connectivity index (χ1v) is 6.50. The van der Waals surface area contributed by atoms with Crippen molar-refractivity contribution >= 4 is 5.78 Å². The average Bonchev–Trinajstić information content (AvgIpc) is 2.42. The lowest BCUT2D eigenvalue weighted by atomic mass is 9.88. The standard InChI is InChI=1S/C17H18O2/c1-3-13-4-6-14(7-5-13)17(12(2)18)15-8-10-16(19)11-9-15/h4-11,17,19H,3H2,1-2H3. The summed E-state index contributed by atoms with van der Waals surface area (Å²) in [6.07, 6.45) is 0.990. The number of rotatable bonds is 4. The van der Waals surface area contributed by atoms with Crippen molar-refractivity contribution in [1.29, 1.82) is 0 Å². The molecule has 0 fully saturated rings. The number of carbonyl (C=O) groups is 1. The summed E-state index contributed by atoms with van der Waals surface area (Å²) in [5, 5.41) is 9.33. The van der Waals surface area contributed by atoms with Crippen LogP contribution in [-0.2, 0) is 11.2 Å². The fourth-order valence-corrected chi connectivity index (χ4v) is 2.27. The normalized spacial score (nSPS) is 12.1. The van der Waals surface area contributed by atoms with Crippen LogP contribution in [0.15, 0.2) is 48.5 Å². The molecule has 0 aliphatic carbocycles. The fraction of sp³-hybridized carbons (Fsp3) is 0.235. The number of benzene rings is 2. The molecule has 2 aromatic rings. The number of aromatic hydroxyl groups is 1. The Hall–Kier alpha value is -2.09. The zero-order valence-corrected chi connectivity index (χ0v) is 11.3. The third kappa shape index (κ3) is 3.02. The molecule has 1 N–H and O–H groups in total. The van der Waals surface area contributed by atoms with Gasteiger partial charge in [-0.15, -0.1) is 0 Å². The van der Waals surface area contributed by atoms with E-state index in [1.165, 1.54) is 5.56 Å². The zero-order chi connectivity index (χ0) is 13.8. The molecule has 2 rings (SSSR count). The molecule has 0 aliphatic rings. The SMILES string of the molecule is CCc1ccc(C(C(C)=O)c2ccc(O)cc2)cc1. The number of phenols is 1. The molecule has 0 saturated heterocycles. The second-order valence-electron chi connectivity index (χ2n) is 4.73. The fourth-order valence-electron chi connectivity index (χ4n) is 2.27. The van der Waals surface area contributed by atoms with Gasteiger partial charge in [0.2, 0.25) is 0 Å². The predicted molar refractivity (Wildman–Crippen MR) is 76.5 cm³/mol. The number of hydrogen-bond donors (Lipinski definition) is 1. The Balaban J connectivity index is 2.39. The third-order valence-corrected chi connectivity index (χ3v) is 3.35. The topological polar surface area (TPSA) is 37.3 Å². The number of phenolic OH excluding ortho intramolecular Hbond substituents is 1. The van der Waals surface area contributed by atoms with E-state index in [1.54, 1.807) is 31.2 Å². The highest BCUT2D eigenvalue weighted by molar-refractivity contribution is 5.86. The first-order valence-electron chi connectivity index (χ1n) is 6.50. The molecule has 0 spiro atoms. The lowest BCUT2D eigenvalue weighted by molar-refractivity contribution is -0.117. The molecule has 1 unspecified atom stereocenters. The Labute approximate surface area is 113 Å². The van der Waals surface area contributed by atoms with Gasteiger partial charge in [-0.05, 0) is 42.2 Å². The van der Waals surface area contributed by atoms with Gasteiger partial charge in [0.05, 0.1) is 5.92 Å². The second kappa shape index (κ2) is 5.70. The van der Waals surface area contributed by atoms with Crippen molar-refractivity contribution in [3.8, 4) is 5.75 Å². The van der Waals surface area contributed by atoms with Gasteiger partial charge < -0.3 is 5.11 Å². The van der Waals surface area contributed by atoms with Crippen molar-refractivity contribution in [3.05, 3.63) is 65.2 Å². The molecule has 1 atom stereocenters. The van der Waals surface area contributed by atoms with Crippen LogP contribution in [0.2, 0.25) is 0 Å². The Bertz CT molecular complexity index is 553. The van der Waals surface area contributed by atoms with Gasteiger partial charge in [0, 0.05) is 0 Å². The minimum absolute atomic E-state index is 0.106. The summed E-state index contributed by atoms with van der Waals surface area (Å²) < 4.78 is 0. The van der Waals surface area contributed by atoms with Gasteiger partial charge in [-0.25, -0.2) is 0 Å². The smallest absolute Gasteiger partial charge is 0.141 e. The highest BCUT2D eigenvalue weighted by Gasteiger charge is 2.18. The van der Waals surface area contributed by atoms with Gasteiger partial charge in [-0.3, -0.25) is 4.79 Å². The molecular weight excluding hydrogens is 236 g/mol. The van der Waals surface area contributed by atoms with E-state index < -0.39 is 0 Å². The lowest BCUT2D eigenvalue weighted by Crippen LogP contribution is -2.10. The molecule has 2 nitrogen and oxygen atoms in total. The highest BCUT2D eigenvalue weighted by atomic mass is 16.3. The molecule has 0 amide bonds. The Morgan fingerprint density at radius 3 is 1.89 bits per heavy atom. The summed E-state index contributed by atoms with van der Waals surface area (Å²) in [6, 6.07) is 15.0. The van der Waals surface area contributed by atoms with E-state index in [0.717, 1.165) is 17.5 Å². The zero-order valence-electron chi connectivity index (χ0n) is 11.3. The van der Waals surface area contributed by atoms with E-state index in [0.29, 0.717) is 0 Å². The van der Waals surface area contributed by atoms with E-state index in [-0.39, 0.29) is 17.5 Å². The third-order valence-electron chi connectivity index (χ3n) is 3.35. The maximum absolute atomic E-state index is 11.9. The minimum atomic E-state index is -0.258. The van der Waals surface area contributed by atoms with Crippen molar-refractivity contribution in [2.75, 3.05) is 0 Å². The number of carbonyl (C=O) groups excluding carboxylic acids is 1. The second-order valence-corrected chi connectivity index (χ2v) is 4.73. The van der Waals surface area contributed by atoms with E-state index >= 15 is 0 Å². The van der Waals surface area contributed by atoms with Crippen LogP contribution in [0.5, 0.6) is 5.75 Å². The van der Waals surface area contributed by atoms with Gasteiger partial charge >= 0.3 is 0 Å². The quantitative estimate of drug-likeness (QED) is 0.903. The molecule has 0 heterocycles. The van der Waals surface area contributed by atoms with E-state index in [9.17, 15) is 9.90 Å². The first kappa shape index (κ1) is 13.3. The summed E-state index contributed by atoms with van der Waals surface area (Å²) in [4.78, 5) is 11.9. The first-order chi connectivity index (χ1) is 9.11. The summed E-state index contributed by atoms with van der Waals surface area (Å²) in [5.41, 5.74) is 3.17. The molecule has 2 aromatic carbocycles. The van der Waals surface area contributed by atoms with Gasteiger partial charge in [-0.1, -0.05) is 43.3 Å². The highest BCUT2D eigenvalue weighted by Crippen LogP contribution is 2.27. The van der Waals surface area contributed by atoms with Crippen LogP contribution < -0.4 is 0 Å². The number of ketones is 1. The van der Waals surface area contributed by atoms with Crippen molar-refractivity contribution < 1.29 is 9.90 Å². The summed E-state index contributed by atoms with van der Waals surface area (Å²) >= 11 is 0. The molecule has 2 heteroatoms. The lowest BCUT2D eigenvalue weighted by Gasteiger charge is -2.15. The number of Topliss-reactive ketones (excluding diaryl/α,β-unsaturated/α-hetero) is 1. The van der Waals surface area contributed by atoms with Crippen LogP contribution in [0.1, 0.15) is 36.5 Å². The van der Waals surface area contributed by atoms with Crippen molar-refractivity contribution in [1.82, 2.24) is 0 Å². The molecule has 0 bridgehead atoms. The van der Waals surface area contributed by atoms with Crippen LogP contribution in [-0.4, -0.2) is 10.9 Å². The Morgan fingerprint density at radius 2 is 1.47 bits per heavy atom. The minimum Gasteiger partial charge on any atom is -0.508 e. The molecular formula is C17H18O2. The Kier molecular flexibility index (Phi) is 4.00. The maximum Gasteiger partial charge on any atom is 0.141 e. The summed E-state index contributed by atoms with van der Waals surface area (Å²) in [6.45, 7) is 3.71. The van der Waals surface area contributed by atoms with Gasteiger partial charge in [0.15, 0.2) is 0 Å². The monoisotopic (exact) mass is 254 g/mol. The van der Waals surface area contributed by atoms with Gasteiger partial charge in [-0.2, -0.15) is 0 Å². The average molecular weight is 254 g/mol. The molecule has 19 heavy (non-hydrogen) atoms. The molecule has 0 aliphatic heterocycles. The van der Waals surface area contributed by atoms with Crippen LogP contribution in [0.25, 0.3) is 0 Å². The van der Waals surface area contributed by atoms with Gasteiger partial charge in [0.1, 0.15) is 11.5 Å².